The topological polar surface area (TPSA) is 47.0 Å². The molecule has 0 spiro atoms. The van der Waals surface area contributed by atoms with Crippen LogP contribution in [0.3, 0.4) is 0 Å². The molecular weight excluding hydrogens is 258 g/mol. The Morgan fingerprint density at radius 3 is 3.12 bits per heavy atom. The van der Waals surface area contributed by atoms with Gasteiger partial charge in [0.25, 0.3) is 0 Å². The highest BCUT2D eigenvalue weighted by molar-refractivity contribution is 7.99. The Morgan fingerprint density at radius 1 is 1.53 bits per heavy atom. The van der Waals surface area contributed by atoms with Crippen LogP contribution in [0, 0.1) is 0 Å². The molecule has 17 heavy (non-hydrogen) atoms. The summed E-state index contributed by atoms with van der Waals surface area (Å²) >= 11 is 7.95. The van der Waals surface area contributed by atoms with Crippen molar-refractivity contribution in [2.24, 2.45) is 0 Å². The number of nitrogens with one attached hydrogen (secondary N) is 1. The summed E-state index contributed by atoms with van der Waals surface area (Å²) in [4.78, 5) is 8.04. The van der Waals surface area contributed by atoms with Crippen molar-refractivity contribution in [3.05, 3.63) is 11.5 Å². The lowest BCUT2D eigenvalue weighted by atomic mass is 10.2. The third-order valence-corrected chi connectivity index (χ3v) is 4.40. The molecule has 4 nitrogen and oxygen atoms in total. The van der Waals surface area contributed by atoms with Crippen LogP contribution in [0.15, 0.2) is 6.33 Å². The maximum absolute atomic E-state index is 5.93. The van der Waals surface area contributed by atoms with Crippen LogP contribution in [0.5, 0.6) is 5.75 Å². The van der Waals surface area contributed by atoms with E-state index in [1.807, 2.05) is 11.8 Å². The summed E-state index contributed by atoms with van der Waals surface area (Å²) in [5, 5.41) is 4.30. The summed E-state index contributed by atoms with van der Waals surface area (Å²) in [5.41, 5.74) is 0. The summed E-state index contributed by atoms with van der Waals surface area (Å²) in [7, 11) is 1.57. The monoisotopic (exact) mass is 273 g/mol. The first-order valence-corrected chi connectivity index (χ1v) is 7.14. The molecule has 0 aromatic carbocycles. The van der Waals surface area contributed by atoms with Gasteiger partial charge in [0.1, 0.15) is 6.33 Å². The van der Waals surface area contributed by atoms with Crippen LogP contribution in [-0.2, 0) is 0 Å². The third-order valence-electron chi connectivity index (χ3n) is 2.74. The highest BCUT2D eigenvalue weighted by Crippen LogP contribution is 2.30. The Hall–Kier alpha value is -0.680. The third kappa shape index (κ3) is 3.39. The molecule has 6 heteroatoms. The molecule has 1 unspecified atom stereocenters. The largest absolute Gasteiger partial charge is 0.490 e. The maximum Gasteiger partial charge on any atom is 0.198 e. The fourth-order valence-electron chi connectivity index (χ4n) is 1.84. The Balaban J connectivity index is 1.95. The molecule has 1 atom stereocenters. The van der Waals surface area contributed by atoms with Gasteiger partial charge < -0.3 is 10.1 Å². The second kappa shape index (κ2) is 6.31. The number of nitrogens with zero attached hydrogens (tertiary/aromatic N) is 2. The van der Waals surface area contributed by atoms with Crippen LogP contribution in [0.25, 0.3) is 0 Å². The molecule has 2 rings (SSSR count). The number of anilines is 1. The van der Waals surface area contributed by atoms with E-state index >= 15 is 0 Å². The SMILES string of the molecule is COc1c(Cl)ncnc1NCC1CCCCS1. The lowest BCUT2D eigenvalue weighted by Crippen LogP contribution is -2.20. The maximum atomic E-state index is 5.93. The van der Waals surface area contributed by atoms with Crippen LogP contribution >= 0.6 is 23.4 Å². The number of hydrogen-bond donors (Lipinski definition) is 1. The second-order valence-corrected chi connectivity index (χ2v) is 5.68. The van der Waals surface area contributed by atoms with Gasteiger partial charge in [0.05, 0.1) is 7.11 Å². The van der Waals surface area contributed by atoms with Gasteiger partial charge in [-0.1, -0.05) is 18.0 Å². The molecule has 1 aromatic heterocycles. The van der Waals surface area contributed by atoms with Crippen LogP contribution in [0.2, 0.25) is 5.15 Å². The minimum atomic E-state index is 0.348. The van der Waals surface area contributed by atoms with E-state index in [0.29, 0.717) is 22.0 Å². The lowest BCUT2D eigenvalue weighted by Gasteiger charge is -2.22. The minimum absolute atomic E-state index is 0.348. The van der Waals surface area contributed by atoms with Crippen molar-refractivity contribution in [3.8, 4) is 5.75 Å². The molecule has 1 saturated heterocycles. The zero-order valence-electron chi connectivity index (χ0n) is 9.78. The molecule has 0 aliphatic carbocycles. The van der Waals surface area contributed by atoms with Gasteiger partial charge in [0.15, 0.2) is 16.7 Å². The first kappa shape index (κ1) is 12.8. The first-order chi connectivity index (χ1) is 8.31. The average Bonchev–Trinajstić information content (AvgIpc) is 2.37. The normalized spacial score (nSPS) is 20.0. The Labute approximate surface area is 111 Å². The van der Waals surface area contributed by atoms with Gasteiger partial charge in [-0.15, -0.1) is 0 Å². The quantitative estimate of drug-likeness (QED) is 0.855. The van der Waals surface area contributed by atoms with E-state index in [2.05, 4.69) is 15.3 Å². The summed E-state index contributed by atoms with van der Waals surface area (Å²) < 4.78 is 5.19. The van der Waals surface area contributed by atoms with Crippen molar-refractivity contribution >= 4 is 29.2 Å². The fourth-order valence-corrected chi connectivity index (χ4v) is 3.29. The predicted molar refractivity (Wildman–Crippen MR) is 72.2 cm³/mol. The van der Waals surface area contributed by atoms with Crippen LogP contribution in [-0.4, -0.2) is 34.6 Å². The van der Waals surface area contributed by atoms with Gasteiger partial charge in [0, 0.05) is 11.8 Å². The molecule has 1 aliphatic rings. The summed E-state index contributed by atoms with van der Waals surface area (Å²) in [6.45, 7) is 0.897. The molecule has 0 radical (unpaired) electrons. The number of thioether (sulfide) groups is 1. The van der Waals surface area contributed by atoms with Crippen molar-refractivity contribution in [2.75, 3.05) is 24.7 Å². The number of hydrogen-bond acceptors (Lipinski definition) is 5. The van der Waals surface area contributed by atoms with E-state index < -0.39 is 0 Å². The zero-order valence-corrected chi connectivity index (χ0v) is 11.4. The van der Waals surface area contributed by atoms with Crippen molar-refractivity contribution < 1.29 is 4.74 Å². The fraction of sp³-hybridized carbons (Fsp3) is 0.636. The number of methoxy groups -OCH3 is 1. The van der Waals surface area contributed by atoms with Crippen LogP contribution in [0.4, 0.5) is 5.82 Å². The molecule has 1 fully saturated rings. The summed E-state index contributed by atoms with van der Waals surface area (Å²) in [6, 6.07) is 0. The van der Waals surface area contributed by atoms with E-state index in [0.717, 1.165) is 6.54 Å². The lowest BCUT2D eigenvalue weighted by molar-refractivity contribution is 0.413. The zero-order chi connectivity index (χ0) is 12.1. The first-order valence-electron chi connectivity index (χ1n) is 5.71. The summed E-state index contributed by atoms with van der Waals surface area (Å²) in [5.74, 6) is 2.46. The molecule has 1 aliphatic heterocycles. The van der Waals surface area contributed by atoms with E-state index in [9.17, 15) is 0 Å². The Morgan fingerprint density at radius 2 is 2.41 bits per heavy atom. The standard InChI is InChI=1S/C11H16ClN3OS/c1-16-9-10(12)14-7-15-11(9)13-6-8-4-2-3-5-17-8/h7-8H,2-6H2,1H3,(H,13,14,15). The van der Waals surface area contributed by atoms with Crippen molar-refractivity contribution in [1.29, 1.82) is 0 Å². The van der Waals surface area contributed by atoms with E-state index in [-0.39, 0.29) is 0 Å². The molecule has 94 valence electrons. The van der Waals surface area contributed by atoms with Crippen molar-refractivity contribution in [2.45, 2.75) is 24.5 Å². The van der Waals surface area contributed by atoms with Gasteiger partial charge in [0.2, 0.25) is 0 Å². The molecule has 1 aromatic rings. The van der Waals surface area contributed by atoms with Crippen molar-refractivity contribution in [3.63, 3.8) is 0 Å². The van der Waals surface area contributed by atoms with Crippen molar-refractivity contribution in [1.82, 2.24) is 9.97 Å². The van der Waals surface area contributed by atoms with Crippen LogP contribution in [0.1, 0.15) is 19.3 Å². The van der Waals surface area contributed by atoms with E-state index in [1.54, 1.807) is 7.11 Å². The van der Waals surface area contributed by atoms with Gasteiger partial charge in [-0.3, -0.25) is 0 Å². The minimum Gasteiger partial charge on any atom is -0.490 e. The van der Waals surface area contributed by atoms with Gasteiger partial charge in [-0.2, -0.15) is 11.8 Å². The number of halogens is 1. The highest BCUT2D eigenvalue weighted by Gasteiger charge is 2.16. The van der Waals surface area contributed by atoms with Crippen LogP contribution < -0.4 is 10.1 Å². The number of ether oxygens (including phenoxy) is 1. The second-order valence-electron chi connectivity index (χ2n) is 3.92. The van der Waals surface area contributed by atoms with E-state index in [4.69, 9.17) is 16.3 Å². The van der Waals surface area contributed by atoms with Gasteiger partial charge >= 0.3 is 0 Å². The summed E-state index contributed by atoms with van der Waals surface area (Å²) in [6.07, 6.45) is 5.37. The van der Waals surface area contributed by atoms with Gasteiger partial charge in [-0.25, -0.2) is 9.97 Å². The average molecular weight is 274 g/mol. The number of rotatable bonds is 4. The predicted octanol–water partition coefficient (Wildman–Crippen LogP) is 2.84. The Bertz CT molecular complexity index is 372. The van der Waals surface area contributed by atoms with E-state index in [1.165, 1.54) is 31.3 Å². The smallest absolute Gasteiger partial charge is 0.198 e. The molecule has 1 N–H and O–H groups in total. The Kier molecular flexibility index (Phi) is 4.74. The molecular formula is C11H16ClN3OS. The molecule has 0 saturated carbocycles. The molecule has 2 heterocycles. The highest BCUT2D eigenvalue weighted by atomic mass is 35.5. The number of aromatic nitrogens is 2. The molecule has 0 amide bonds. The molecule has 0 bridgehead atoms. The van der Waals surface area contributed by atoms with Gasteiger partial charge in [-0.05, 0) is 18.6 Å².